The number of hydrogen-bond donors (Lipinski definition) is 2. The van der Waals surface area contributed by atoms with E-state index in [9.17, 15) is 0 Å². The molecule has 1 aromatic carbocycles. The van der Waals surface area contributed by atoms with E-state index in [1.54, 1.807) is 11.3 Å². The predicted molar refractivity (Wildman–Crippen MR) is 119 cm³/mol. The Labute approximate surface area is 173 Å². The van der Waals surface area contributed by atoms with Crippen LogP contribution in [0.4, 0.5) is 0 Å². The maximum atomic E-state index is 4.73. The fourth-order valence-electron chi connectivity index (χ4n) is 3.30. The SMILES string of the molecule is CCNC(=NCc1ccc(CN2CCCC2)cc1)NCc1csc(C(C)C)n1. The smallest absolute Gasteiger partial charge is 0.191 e. The number of aromatic nitrogens is 1. The Hall–Kier alpha value is -1.92. The van der Waals surface area contributed by atoms with Crippen LogP contribution in [0.25, 0.3) is 0 Å². The third-order valence-electron chi connectivity index (χ3n) is 4.89. The van der Waals surface area contributed by atoms with Crippen LogP contribution in [0.15, 0.2) is 34.6 Å². The molecule has 0 spiro atoms. The molecule has 1 aromatic heterocycles. The molecule has 1 saturated heterocycles. The van der Waals surface area contributed by atoms with Gasteiger partial charge in [-0.2, -0.15) is 0 Å². The molecule has 5 nitrogen and oxygen atoms in total. The van der Waals surface area contributed by atoms with Gasteiger partial charge in [-0.25, -0.2) is 9.98 Å². The van der Waals surface area contributed by atoms with E-state index in [1.165, 1.54) is 42.1 Å². The van der Waals surface area contributed by atoms with Gasteiger partial charge >= 0.3 is 0 Å². The van der Waals surface area contributed by atoms with Crippen LogP contribution in [0.2, 0.25) is 0 Å². The van der Waals surface area contributed by atoms with Gasteiger partial charge in [-0.3, -0.25) is 4.90 Å². The minimum absolute atomic E-state index is 0.481. The predicted octanol–water partition coefficient (Wildman–Crippen LogP) is 4.12. The van der Waals surface area contributed by atoms with Gasteiger partial charge in [0.15, 0.2) is 5.96 Å². The van der Waals surface area contributed by atoms with Crippen molar-refractivity contribution in [2.24, 2.45) is 4.99 Å². The lowest BCUT2D eigenvalue weighted by Crippen LogP contribution is -2.36. The first-order valence-electron chi connectivity index (χ1n) is 10.4. The second kappa shape index (κ2) is 10.6. The van der Waals surface area contributed by atoms with Crippen molar-refractivity contribution < 1.29 is 0 Å². The van der Waals surface area contributed by atoms with Gasteiger partial charge in [0.1, 0.15) is 0 Å². The van der Waals surface area contributed by atoms with Crippen LogP contribution in [-0.2, 0) is 19.6 Å². The van der Waals surface area contributed by atoms with E-state index < -0.39 is 0 Å². The molecule has 0 unspecified atom stereocenters. The summed E-state index contributed by atoms with van der Waals surface area (Å²) in [7, 11) is 0. The molecule has 1 aliphatic heterocycles. The Morgan fingerprint density at radius 3 is 2.50 bits per heavy atom. The van der Waals surface area contributed by atoms with Crippen molar-refractivity contribution in [1.29, 1.82) is 0 Å². The summed E-state index contributed by atoms with van der Waals surface area (Å²) >= 11 is 1.73. The zero-order valence-corrected chi connectivity index (χ0v) is 18.2. The number of rotatable bonds is 8. The standard InChI is InChI=1S/C22H33N5S/c1-4-23-22(25-14-20-16-28-21(26-20)17(2)3)24-13-18-7-9-19(10-8-18)15-27-11-5-6-12-27/h7-10,16-17H,4-6,11-15H2,1-3H3,(H2,23,24,25). The highest BCUT2D eigenvalue weighted by Crippen LogP contribution is 2.19. The molecule has 1 fully saturated rings. The van der Waals surface area contributed by atoms with Gasteiger partial charge in [0.25, 0.3) is 0 Å². The highest BCUT2D eigenvalue weighted by molar-refractivity contribution is 7.09. The number of nitrogens with one attached hydrogen (secondary N) is 2. The van der Waals surface area contributed by atoms with Crippen molar-refractivity contribution in [3.05, 3.63) is 51.5 Å². The van der Waals surface area contributed by atoms with Crippen LogP contribution in [0.5, 0.6) is 0 Å². The van der Waals surface area contributed by atoms with E-state index in [0.717, 1.165) is 24.7 Å². The van der Waals surface area contributed by atoms with Crippen molar-refractivity contribution in [1.82, 2.24) is 20.5 Å². The fraction of sp³-hybridized carbons (Fsp3) is 0.545. The topological polar surface area (TPSA) is 52.6 Å². The number of benzene rings is 1. The highest BCUT2D eigenvalue weighted by Gasteiger charge is 2.11. The second-order valence-corrected chi connectivity index (χ2v) is 8.57. The molecule has 2 N–H and O–H groups in total. The lowest BCUT2D eigenvalue weighted by Gasteiger charge is -2.14. The van der Waals surface area contributed by atoms with Crippen molar-refractivity contribution in [2.45, 2.75) is 59.2 Å². The molecule has 2 heterocycles. The lowest BCUT2D eigenvalue weighted by molar-refractivity contribution is 0.331. The molecule has 0 aliphatic carbocycles. The molecule has 152 valence electrons. The zero-order valence-electron chi connectivity index (χ0n) is 17.4. The Morgan fingerprint density at radius 1 is 1.14 bits per heavy atom. The van der Waals surface area contributed by atoms with E-state index in [0.29, 0.717) is 19.0 Å². The monoisotopic (exact) mass is 399 g/mol. The van der Waals surface area contributed by atoms with Crippen LogP contribution in [0.1, 0.15) is 61.4 Å². The first kappa shape index (κ1) is 20.8. The molecular formula is C22H33N5S. The summed E-state index contributed by atoms with van der Waals surface area (Å²) < 4.78 is 0. The third kappa shape index (κ3) is 6.31. The molecule has 2 aromatic rings. The molecule has 3 rings (SSSR count). The minimum atomic E-state index is 0.481. The molecule has 0 amide bonds. The van der Waals surface area contributed by atoms with Crippen molar-refractivity contribution in [3.63, 3.8) is 0 Å². The number of thiazole rings is 1. The van der Waals surface area contributed by atoms with Crippen molar-refractivity contribution in [2.75, 3.05) is 19.6 Å². The van der Waals surface area contributed by atoms with Crippen molar-refractivity contribution >= 4 is 17.3 Å². The number of hydrogen-bond acceptors (Lipinski definition) is 4. The summed E-state index contributed by atoms with van der Waals surface area (Å²) in [6, 6.07) is 8.89. The first-order valence-corrected chi connectivity index (χ1v) is 11.3. The summed E-state index contributed by atoms with van der Waals surface area (Å²) in [5.74, 6) is 1.32. The van der Waals surface area contributed by atoms with Gasteiger partial charge < -0.3 is 10.6 Å². The average molecular weight is 400 g/mol. The molecule has 0 atom stereocenters. The molecule has 6 heteroatoms. The van der Waals surface area contributed by atoms with Crippen LogP contribution < -0.4 is 10.6 Å². The summed E-state index contributed by atoms with van der Waals surface area (Å²) in [6.45, 7) is 12.2. The van der Waals surface area contributed by atoms with Gasteiger partial charge in [0.05, 0.1) is 23.8 Å². The highest BCUT2D eigenvalue weighted by atomic mass is 32.1. The average Bonchev–Trinajstić information content (AvgIpc) is 3.37. The van der Waals surface area contributed by atoms with E-state index >= 15 is 0 Å². The second-order valence-electron chi connectivity index (χ2n) is 7.68. The van der Waals surface area contributed by atoms with Crippen LogP contribution in [-0.4, -0.2) is 35.5 Å². The molecule has 0 radical (unpaired) electrons. The maximum Gasteiger partial charge on any atom is 0.191 e. The Morgan fingerprint density at radius 2 is 1.86 bits per heavy atom. The summed E-state index contributed by atoms with van der Waals surface area (Å²) in [5, 5.41) is 10.0. The zero-order chi connectivity index (χ0) is 19.8. The van der Waals surface area contributed by atoms with E-state index in [-0.39, 0.29) is 0 Å². The van der Waals surface area contributed by atoms with E-state index in [1.807, 2.05) is 0 Å². The summed E-state index contributed by atoms with van der Waals surface area (Å²) in [5.41, 5.74) is 3.70. The Balaban J connectivity index is 1.52. The summed E-state index contributed by atoms with van der Waals surface area (Å²) in [6.07, 6.45) is 2.68. The fourth-order valence-corrected chi connectivity index (χ4v) is 4.14. The maximum absolute atomic E-state index is 4.73. The Kier molecular flexibility index (Phi) is 7.86. The van der Waals surface area contributed by atoms with Gasteiger partial charge in [-0.05, 0) is 44.0 Å². The number of likely N-dealkylation sites (tertiary alicyclic amines) is 1. The quantitative estimate of drug-likeness (QED) is 0.518. The largest absolute Gasteiger partial charge is 0.357 e. The van der Waals surface area contributed by atoms with Gasteiger partial charge in [0.2, 0.25) is 0 Å². The van der Waals surface area contributed by atoms with Gasteiger partial charge in [-0.1, -0.05) is 38.1 Å². The summed E-state index contributed by atoms with van der Waals surface area (Å²) in [4.78, 5) is 11.9. The number of nitrogens with zero attached hydrogens (tertiary/aromatic N) is 3. The normalized spacial score (nSPS) is 15.4. The molecule has 0 saturated carbocycles. The van der Waals surface area contributed by atoms with Gasteiger partial charge in [0, 0.05) is 24.4 Å². The first-order chi connectivity index (χ1) is 13.6. The van der Waals surface area contributed by atoms with Crippen LogP contribution in [0, 0.1) is 0 Å². The van der Waals surface area contributed by atoms with Gasteiger partial charge in [-0.15, -0.1) is 11.3 Å². The number of aliphatic imine (C=N–C) groups is 1. The van der Waals surface area contributed by atoms with E-state index in [4.69, 9.17) is 4.99 Å². The van der Waals surface area contributed by atoms with Crippen molar-refractivity contribution in [3.8, 4) is 0 Å². The molecular weight excluding hydrogens is 366 g/mol. The van der Waals surface area contributed by atoms with Crippen LogP contribution >= 0.6 is 11.3 Å². The van der Waals surface area contributed by atoms with Crippen LogP contribution in [0.3, 0.4) is 0 Å². The minimum Gasteiger partial charge on any atom is -0.357 e. The molecule has 0 bridgehead atoms. The van der Waals surface area contributed by atoms with E-state index in [2.05, 4.69) is 70.9 Å². The molecule has 28 heavy (non-hydrogen) atoms. The third-order valence-corrected chi connectivity index (χ3v) is 6.09. The Bertz CT molecular complexity index is 745. The molecule has 1 aliphatic rings. The number of guanidine groups is 1. The lowest BCUT2D eigenvalue weighted by atomic mass is 10.1.